The van der Waals surface area contributed by atoms with Crippen LogP contribution in [0.4, 0.5) is 0 Å². The van der Waals surface area contributed by atoms with Gasteiger partial charge in [0.05, 0.1) is 45.4 Å². The first-order valence-corrected chi connectivity index (χ1v) is 7.54. The summed E-state index contributed by atoms with van der Waals surface area (Å²) in [6.45, 7) is 0. The molecule has 2 aromatic carbocycles. The lowest BCUT2D eigenvalue weighted by molar-refractivity contribution is -0.121. The van der Waals surface area contributed by atoms with Gasteiger partial charge in [-0.1, -0.05) is 24.2 Å². The average Bonchev–Trinajstić information content (AvgIpc) is 2.81. The third-order valence-electron chi connectivity index (χ3n) is 3.25. The number of hydrogen-bond donors (Lipinski definition) is 1. The highest BCUT2D eigenvalue weighted by Crippen LogP contribution is 2.28. The van der Waals surface area contributed by atoms with Gasteiger partial charge in [0.2, 0.25) is 0 Å². The van der Waals surface area contributed by atoms with E-state index in [0.29, 0.717) is 0 Å². The Hall–Kier alpha value is -3.54. The van der Waals surface area contributed by atoms with E-state index in [2.05, 4.69) is 4.74 Å². The van der Waals surface area contributed by atoms with Crippen LogP contribution in [0.3, 0.4) is 0 Å². The molecule has 0 atom stereocenters. The molecule has 0 amide bonds. The van der Waals surface area contributed by atoms with Gasteiger partial charge in [0, 0.05) is 0 Å². The molecule has 0 aliphatic heterocycles. The van der Waals surface area contributed by atoms with Gasteiger partial charge in [-0.3, -0.25) is 9.59 Å². The van der Waals surface area contributed by atoms with Crippen molar-refractivity contribution >= 4 is 23.7 Å². The van der Waals surface area contributed by atoms with Crippen LogP contribution in [0.1, 0.15) is 35.4 Å². The van der Waals surface area contributed by atoms with Crippen LogP contribution in [-0.2, 0) is 9.59 Å². The van der Waals surface area contributed by atoms with Gasteiger partial charge in [-0.2, -0.15) is 0 Å². The third-order valence-corrected chi connectivity index (χ3v) is 3.25. The molecule has 0 radical (unpaired) electrons. The van der Waals surface area contributed by atoms with Crippen molar-refractivity contribution in [2.24, 2.45) is 0 Å². The van der Waals surface area contributed by atoms with E-state index >= 15 is 0 Å². The number of methoxy groups -OCH3 is 3. The summed E-state index contributed by atoms with van der Waals surface area (Å²) < 4.78 is 111. The van der Waals surface area contributed by atoms with Crippen LogP contribution < -0.4 is 14.2 Å². The summed E-state index contributed by atoms with van der Waals surface area (Å²) >= 11 is 0. The molecule has 0 fully saturated rings. The fraction of sp³-hybridized carbons (Fsp3) is 0.182. The van der Waals surface area contributed by atoms with Crippen molar-refractivity contribution in [2.75, 3.05) is 21.1 Å². The summed E-state index contributed by atoms with van der Waals surface area (Å²) in [6.07, 6.45) is -1.11. The predicted octanol–water partition coefficient (Wildman–Crippen LogP) is 3.67. The number of ketones is 2. The minimum Gasteiger partial charge on any atom is -0.504 e. The molecule has 1 N–H and O–H groups in total. The number of benzene rings is 2. The molecular weight excluding hydrogens is 360 g/mol. The van der Waals surface area contributed by atoms with Crippen LogP contribution in [0.25, 0.3) is 12.1 Å². The van der Waals surface area contributed by atoms with Gasteiger partial charge in [-0.25, -0.2) is 0 Å². The van der Waals surface area contributed by atoms with Crippen molar-refractivity contribution in [2.45, 2.75) is 6.42 Å². The second-order valence-corrected chi connectivity index (χ2v) is 5.17. The molecular formula is C22H22O6. The lowest BCUT2D eigenvalue weighted by Crippen LogP contribution is -2.01. The Morgan fingerprint density at radius 2 is 1.43 bits per heavy atom. The van der Waals surface area contributed by atoms with E-state index in [1.165, 1.54) is 0 Å². The van der Waals surface area contributed by atoms with Gasteiger partial charge in [-0.15, -0.1) is 0 Å². The Morgan fingerprint density at radius 3 is 2.07 bits per heavy atom. The molecule has 2 aromatic rings. The lowest BCUT2D eigenvalue weighted by Gasteiger charge is -2.07. The molecule has 28 heavy (non-hydrogen) atoms. The normalized spacial score (nSPS) is 20.5. The second-order valence-electron chi connectivity index (χ2n) is 5.17. The zero-order chi connectivity index (χ0) is 31.5. The molecule has 0 heterocycles. The molecule has 0 bridgehead atoms. The molecule has 146 valence electrons. The van der Waals surface area contributed by atoms with Crippen molar-refractivity contribution < 1.29 is 46.7 Å². The van der Waals surface area contributed by atoms with E-state index in [9.17, 15) is 14.7 Å². The molecule has 0 aliphatic rings. The largest absolute Gasteiger partial charge is 0.504 e. The van der Waals surface area contributed by atoms with Crippen molar-refractivity contribution in [1.29, 1.82) is 0 Å². The Bertz CT molecular complexity index is 1390. The van der Waals surface area contributed by atoms with Crippen molar-refractivity contribution in [1.82, 2.24) is 0 Å². The number of carbonyl (C=O) groups excluding carboxylic acids is 2. The third kappa shape index (κ3) is 5.74. The van der Waals surface area contributed by atoms with Crippen LogP contribution in [0.2, 0.25) is 0 Å². The summed E-state index contributed by atoms with van der Waals surface area (Å²) in [4.78, 5) is 25.1. The van der Waals surface area contributed by atoms with E-state index in [1.807, 2.05) is 0 Å². The van der Waals surface area contributed by atoms with E-state index < -0.39 is 86.3 Å². The highest BCUT2D eigenvalue weighted by atomic mass is 16.5. The highest BCUT2D eigenvalue weighted by Gasteiger charge is 2.06. The topological polar surface area (TPSA) is 82.1 Å². The minimum absolute atomic E-state index is 0.197. The van der Waals surface area contributed by atoms with Crippen LogP contribution in [0.15, 0.2) is 48.5 Å². The number of ether oxygens (including phenoxy) is 3. The van der Waals surface area contributed by atoms with Crippen molar-refractivity contribution in [3.63, 3.8) is 0 Å². The van der Waals surface area contributed by atoms with Gasteiger partial charge in [-0.05, 0) is 47.5 Å². The molecule has 6 heteroatoms. The van der Waals surface area contributed by atoms with Gasteiger partial charge >= 0.3 is 0 Å². The molecule has 0 unspecified atom stereocenters. The molecule has 0 spiro atoms. The number of phenols is 1. The van der Waals surface area contributed by atoms with E-state index in [-0.39, 0.29) is 11.1 Å². The highest BCUT2D eigenvalue weighted by molar-refractivity contribution is 6.10. The van der Waals surface area contributed by atoms with E-state index in [0.717, 1.165) is 36.4 Å². The molecule has 0 aromatic heterocycles. The predicted molar refractivity (Wildman–Crippen MR) is 107 cm³/mol. The Balaban J connectivity index is 2.35. The molecule has 2 rings (SSSR count). The fourth-order valence-electron chi connectivity index (χ4n) is 1.94. The number of phenolic OH excluding ortho intramolecular Hbond substituents is 1. The average molecular weight is 395 g/mol. The van der Waals surface area contributed by atoms with E-state index in [1.54, 1.807) is 0 Å². The van der Waals surface area contributed by atoms with Crippen molar-refractivity contribution in [3.8, 4) is 23.0 Å². The Morgan fingerprint density at radius 1 is 0.893 bits per heavy atom. The SMILES string of the molecule is [2H]/C(C(=O)CC(=O)/C([2H])=C(\[2H])c1ccc(OC([2H])([2H])[2H])c(OC([2H])([2H])[2H])c1)=C(/[2H])c1ccc(O)c(OC([2H])([2H])[2H])c1. The number of allylic oxidation sites excluding steroid dienone is 2. The van der Waals surface area contributed by atoms with Gasteiger partial charge in [0.25, 0.3) is 0 Å². The fourth-order valence-corrected chi connectivity index (χ4v) is 1.94. The minimum atomic E-state index is -3.05. The summed E-state index contributed by atoms with van der Waals surface area (Å²) in [5.41, 5.74) is -0.460. The zero-order valence-corrected chi connectivity index (χ0v) is 14.2. The molecule has 6 nitrogen and oxygen atoms in total. The van der Waals surface area contributed by atoms with E-state index in [4.69, 9.17) is 27.3 Å². The molecule has 0 aliphatic carbocycles. The lowest BCUT2D eigenvalue weighted by atomic mass is 10.1. The van der Waals surface area contributed by atoms with Crippen LogP contribution >= 0.6 is 0 Å². The molecule has 0 saturated carbocycles. The number of carbonyl (C=O) groups is 2. The summed E-state index contributed by atoms with van der Waals surface area (Å²) in [6, 6.07) is 2.28. The summed E-state index contributed by atoms with van der Waals surface area (Å²) in [5, 5.41) is 9.77. The molecule has 0 saturated heterocycles. The Kier molecular flexibility index (Phi) is 3.24. The van der Waals surface area contributed by atoms with Crippen LogP contribution in [0.5, 0.6) is 23.0 Å². The van der Waals surface area contributed by atoms with Crippen molar-refractivity contribution in [3.05, 3.63) is 59.6 Å². The zero-order valence-electron chi connectivity index (χ0n) is 27.2. The van der Waals surface area contributed by atoms with Gasteiger partial charge in [0.15, 0.2) is 34.6 Å². The monoisotopic (exact) mass is 395 g/mol. The smallest absolute Gasteiger partial charge is 0.163 e. The van der Waals surface area contributed by atoms with Gasteiger partial charge < -0.3 is 19.3 Å². The first-order chi connectivity index (χ1) is 18.6. The van der Waals surface area contributed by atoms with Crippen LogP contribution in [-0.4, -0.2) is 37.8 Å². The maximum absolute atomic E-state index is 12.6. The maximum atomic E-state index is 12.6. The standard InChI is InChI=1S/C22H22O6/c1-26-20-11-7-16(13-22(20)28-3)5-9-18(24)14-17(23)8-4-15-6-10-19(25)21(12-15)27-2/h4-13,25H,14H2,1-3H3/b8-4+,9-5+/i1D3,2D3,3D3,4D,5D,8D,9D. The first kappa shape index (κ1) is 9.10. The quantitative estimate of drug-likeness (QED) is 0.515. The van der Waals surface area contributed by atoms with Gasteiger partial charge in [0.1, 0.15) is 0 Å². The maximum Gasteiger partial charge on any atom is 0.163 e. The summed E-state index contributed by atoms with van der Waals surface area (Å²) in [5.74, 6) is -4.73. The van der Waals surface area contributed by atoms with Crippen LogP contribution in [0, 0.1) is 0 Å². The number of hydrogen-bond acceptors (Lipinski definition) is 6. The Labute approximate surface area is 181 Å². The first-order valence-electron chi connectivity index (χ1n) is 14.0. The number of aromatic hydroxyl groups is 1. The number of rotatable bonds is 9. The summed E-state index contributed by atoms with van der Waals surface area (Å²) in [7, 11) is -8.97. The second kappa shape index (κ2) is 9.97.